The predicted molar refractivity (Wildman–Crippen MR) is 82.3 cm³/mol. The maximum Gasteiger partial charge on any atom is 0.239 e. The van der Waals surface area contributed by atoms with Gasteiger partial charge in [-0.25, -0.2) is 4.98 Å². The Labute approximate surface area is 124 Å². The standard InChI is InChI=1S/C15H21N5O/c1-20-9-8-18-14(20)6-7-17-13-5-4-12(16)15(19-13)21-10-11-2-3-11/h4-5,8-9,11H,2-3,6-7,10,16H2,1H3,(H,17,19). The molecule has 0 aromatic carbocycles. The molecular formula is C15H21N5O. The Morgan fingerprint density at radius 1 is 1.43 bits per heavy atom. The second-order valence-electron chi connectivity index (χ2n) is 5.48. The third kappa shape index (κ3) is 3.65. The van der Waals surface area contributed by atoms with E-state index in [2.05, 4.69) is 15.3 Å². The highest BCUT2D eigenvalue weighted by Crippen LogP contribution is 2.30. The smallest absolute Gasteiger partial charge is 0.239 e. The highest BCUT2D eigenvalue weighted by molar-refractivity contribution is 5.53. The highest BCUT2D eigenvalue weighted by Gasteiger charge is 2.22. The summed E-state index contributed by atoms with van der Waals surface area (Å²) in [6, 6.07) is 3.70. The van der Waals surface area contributed by atoms with E-state index >= 15 is 0 Å². The number of pyridine rings is 1. The first-order valence-corrected chi connectivity index (χ1v) is 7.32. The van der Waals surface area contributed by atoms with E-state index in [0.29, 0.717) is 24.1 Å². The fourth-order valence-corrected chi connectivity index (χ4v) is 2.09. The third-order valence-electron chi connectivity index (χ3n) is 3.62. The van der Waals surface area contributed by atoms with Crippen molar-refractivity contribution >= 4 is 11.5 Å². The summed E-state index contributed by atoms with van der Waals surface area (Å²) in [6.45, 7) is 1.48. The lowest BCUT2D eigenvalue weighted by molar-refractivity contribution is 0.290. The van der Waals surface area contributed by atoms with Crippen LogP contribution in [0.15, 0.2) is 24.5 Å². The van der Waals surface area contributed by atoms with E-state index in [0.717, 1.165) is 24.6 Å². The Kier molecular flexibility index (Phi) is 3.94. The van der Waals surface area contributed by atoms with E-state index in [1.165, 1.54) is 12.8 Å². The van der Waals surface area contributed by atoms with Crippen molar-refractivity contribution in [1.29, 1.82) is 0 Å². The number of nitrogens with two attached hydrogens (primary N) is 1. The fraction of sp³-hybridized carbons (Fsp3) is 0.467. The van der Waals surface area contributed by atoms with Crippen molar-refractivity contribution in [3.8, 4) is 5.88 Å². The lowest BCUT2D eigenvalue weighted by Crippen LogP contribution is -2.11. The quantitative estimate of drug-likeness (QED) is 0.812. The van der Waals surface area contributed by atoms with Gasteiger partial charge in [0.1, 0.15) is 11.6 Å². The highest BCUT2D eigenvalue weighted by atomic mass is 16.5. The summed E-state index contributed by atoms with van der Waals surface area (Å²) in [5, 5.41) is 3.28. The van der Waals surface area contributed by atoms with Crippen molar-refractivity contribution in [2.45, 2.75) is 19.3 Å². The molecule has 2 aromatic heterocycles. The van der Waals surface area contributed by atoms with Crippen LogP contribution < -0.4 is 15.8 Å². The molecule has 1 aliphatic carbocycles. The molecule has 6 nitrogen and oxygen atoms in total. The normalized spacial score (nSPS) is 14.1. The van der Waals surface area contributed by atoms with Crippen LogP contribution in [0.1, 0.15) is 18.7 Å². The van der Waals surface area contributed by atoms with Crippen LogP contribution >= 0.6 is 0 Å². The maximum absolute atomic E-state index is 5.89. The minimum atomic E-state index is 0.531. The minimum Gasteiger partial charge on any atom is -0.476 e. The molecule has 2 aromatic rings. The van der Waals surface area contributed by atoms with Crippen LogP contribution in [0.25, 0.3) is 0 Å². The molecule has 1 saturated carbocycles. The molecule has 0 amide bonds. The summed E-state index contributed by atoms with van der Waals surface area (Å²) in [5.74, 6) is 3.04. The van der Waals surface area contributed by atoms with Crippen molar-refractivity contribution in [3.63, 3.8) is 0 Å². The van der Waals surface area contributed by atoms with Crippen molar-refractivity contribution in [3.05, 3.63) is 30.4 Å². The molecule has 3 N–H and O–H groups in total. The molecule has 0 radical (unpaired) electrons. The van der Waals surface area contributed by atoms with Crippen LogP contribution in [-0.4, -0.2) is 27.7 Å². The molecule has 1 aliphatic rings. The number of imidazole rings is 1. The largest absolute Gasteiger partial charge is 0.476 e. The molecule has 21 heavy (non-hydrogen) atoms. The van der Waals surface area contributed by atoms with Gasteiger partial charge in [0.2, 0.25) is 5.88 Å². The summed E-state index contributed by atoms with van der Waals surface area (Å²) in [7, 11) is 1.99. The topological polar surface area (TPSA) is 78.0 Å². The van der Waals surface area contributed by atoms with Gasteiger partial charge in [-0.3, -0.25) is 0 Å². The van der Waals surface area contributed by atoms with E-state index < -0.39 is 0 Å². The zero-order valence-corrected chi connectivity index (χ0v) is 12.2. The van der Waals surface area contributed by atoms with Crippen LogP contribution in [0, 0.1) is 5.92 Å². The number of hydrogen-bond donors (Lipinski definition) is 2. The van der Waals surface area contributed by atoms with E-state index in [1.54, 1.807) is 6.20 Å². The molecule has 1 fully saturated rings. The van der Waals surface area contributed by atoms with E-state index in [1.807, 2.05) is 29.9 Å². The van der Waals surface area contributed by atoms with E-state index in [-0.39, 0.29) is 0 Å². The molecule has 0 bridgehead atoms. The van der Waals surface area contributed by atoms with Crippen LogP contribution in [0.2, 0.25) is 0 Å². The van der Waals surface area contributed by atoms with Gasteiger partial charge in [0.15, 0.2) is 0 Å². The Hall–Kier alpha value is -2.24. The van der Waals surface area contributed by atoms with Crippen LogP contribution in [0.3, 0.4) is 0 Å². The average molecular weight is 287 g/mol. The van der Waals surface area contributed by atoms with Gasteiger partial charge < -0.3 is 20.4 Å². The monoisotopic (exact) mass is 287 g/mol. The predicted octanol–water partition coefficient (Wildman–Crippen LogP) is 1.84. The Morgan fingerprint density at radius 2 is 2.29 bits per heavy atom. The first-order valence-electron chi connectivity index (χ1n) is 7.32. The van der Waals surface area contributed by atoms with Crippen molar-refractivity contribution in [1.82, 2.24) is 14.5 Å². The summed E-state index contributed by atoms with van der Waals surface area (Å²) < 4.78 is 7.70. The van der Waals surface area contributed by atoms with Crippen LogP contribution in [-0.2, 0) is 13.5 Å². The number of aryl methyl sites for hydroxylation is 1. The molecule has 2 heterocycles. The number of anilines is 2. The third-order valence-corrected chi connectivity index (χ3v) is 3.62. The number of nitrogen functional groups attached to an aromatic ring is 1. The van der Waals surface area contributed by atoms with Gasteiger partial charge in [0.05, 0.1) is 12.3 Å². The maximum atomic E-state index is 5.89. The molecule has 6 heteroatoms. The van der Waals surface area contributed by atoms with Gasteiger partial charge in [-0.1, -0.05) is 0 Å². The lowest BCUT2D eigenvalue weighted by Gasteiger charge is -2.10. The number of nitrogens with one attached hydrogen (secondary N) is 1. The molecular weight excluding hydrogens is 266 g/mol. The summed E-state index contributed by atoms with van der Waals surface area (Å²) in [5.41, 5.74) is 6.48. The molecule has 0 aliphatic heterocycles. The Morgan fingerprint density at radius 3 is 3.00 bits per heavy atom. The summed E-state index contributed by atoms with van der Waals surface area (Å²) in [4.78, 5) is 8.72. The van der Waals surface area contributed by atoms with E-state index in [9.17, 15) is 0 Å². The minimum absolute atomic E-state index is 0.531. The molecule has 0 spiro atoms. The fourth-order valence-electron chi connectivity index (χ4n) is 2.09. The molecule has 3 rings (SSSR count). The van der Waals surface area contributed by atoms with Gasteiger partial charge in [-0.2, -0.15) is 4.98 Å². The average Bonchev–Trinajstić information content (AvgIpc) is 3.22. The SMILES string of the molecule is Cn1ccnc1CCNc1ccc(N)c(OCC2CC2)n1. The Balaban J connectivity index is 1.54. The lowest BCUT2D eigenvalue weighted by atomic mass is 10.3. The number of aromatic nitrogens is 3. The molecule has 112 valence electrons. The molecule has 0 unspecified atom stereocenters. The van der Waals surface area contributed by atoms with Crippen molar-refractivity contribution in [2.24, 2.45) is 13.0 Å². The second kappa shape index (κ2) is 6.03. The second-order valence-corrected chi connectivity index (χ2v) is 5.48. The van der Waals surface area contributed by atoms with Crippen LogP contribution in [0.5, 0.6) is 5.88 Å². The van der Waals surface area contributed by atoms with Gasteiger partial charge in [0.25, 0.3) is 0 Å². The molecule has 0 saturated heterocycles. The first kappa shape index (κ1) is 13.7. The Bertz CT molecular complexity index is 606. The summed E-state index contributed by atoms with van der Waals surface area (Å²) in [6.07, 6.45) is 7.10. The van der Waals surface area contributed by atoms with Gasteiger partial charge >= 0.3 is 0 Å². The summed E-state index contributed by atoms with van der Waals surface area (Å²) >= 11 is 0. The number of nitrogens with zero attached hydrogens (tertiary/aromatic N) is 3. The number of ether oxygens (including phenoxy) is 1. The number of hydrogen-bond acceptors (Lipinski definition) is 5. The number of rotatable bonds is 7. The van der Waals surface area contributed by atoms with Crippen LogP contribution in [0.4, 0.5) is 11.5 Å². The van der Waals surface area contributed by atoms with Crippen molar-refractivity contribution < 1.29 is 4.74 Å². The van der Waals surface area contributed by atoms with E-state index in [4.69, 9.17) is 10.5 Å². The van der Waals surface area contributed by atoms with Gasteiger partial charge in [-0.05, 0) is 30.9 Å². The van der Waals surface area contributed by atoms with Crippen molar-refractivity contribution in [2.75, 3.05) is 24.2 Å². The van der Waals surface area contributed by atoms with Gasteiger partial charge in [0, 0.05) is 32.4 Å². The zero-order valence-electron chi connectivity index (χ0n) is 12.2. The molecule has 0 atom stereocenters. The first-order chi connectivity index (χ1) is 10.2. The zero-order chi connectivity index (χ0) is 14.7. The van der Waals surface area contributed by atoms with Gasteiger partial charge in [-0.15, -0.1) is 0 Å².